The van der Waals surface area contributed by atoms with Crippen molar-refractivity contribution in [3.05, 3.63) is 0 Å². The van der Waals surface area contributed by atoms with Crippen molar-refractivity contribution in [1.29, 1.82) is 0 Å². The van der Waals surface area contributed by atoms with Gasteiger partial charge in [-0.1, -0.05) is 34.6 Å². The van der Waals surface area contributed by atoms with Crippen LogP contribution in [0.1, 0.15) is 53.9 Å². The van der Waals surface area contributed by atoms with E-state index in [9.17, 15) is 4.79 Å². The molecule has 0 heterocycles. The van der Waals surface area contributed by atoms with Crippen molar-refractivity contribution < 1.29 is 9.53 Å². The average molecular weight is 240 g/mol. The number of hydrogen-bond acceptors (Lipinski definition) is 2. The standard InChI is InChI=1S/C15H28O2/c1-11-7-8-12(2)15(11,10-17-6)13(16)9-14(3,4)5/h11-12H,7-10H2,1-6H3. The molecule has 1 rings (SSSR count). The Kier molecular flexibility index (Phi) is 4.40. The molecule has 0 bridgehead atoms. The van der Waals surface area contributed by atoms with E-state index in [-0.39, 0.29) is 10.8 Å². The van der Waals surface area contributed by atoms with Gasteiger partial charge in [-0.25, -0.2) is 0 Å². The molecule has 0 aliphatic heterocycles. The molecule has 1 aliphatic carbocycles. The van der Waals surface area contributed by atoms with E-state index in [2.05, 4.69) is 34.6 Å². The second-order valence-corrected chi connectivity index (χ2v) is 7.01. The van der Waals surface area contributed by atoms with Gasteiger partial charge in [0.1, 0.15) is 5.78 Å². The lowest BCUT2D eigenvalue weighted by molar-refractivity contribution is -0.139. The summed E-state index contributed by atoms with van der Waals surface area (Å²) >= 11 is 0. The van der Waals surface area contributed by atoms with Crippen LogP contribution in [0.25, 0.3) is 0 Å². The summed E-state index contributed by atoms with van der Waals surface area (Å²) < 4.78 is 5.38. The highest BCUT2D eigenvalue weighted by Crippen LogP contribution is 2.50. The summed E-state index contributed by atoms with van der Waals surface area (Å²) in [5.74, 6) is 1.31. The summed E-state index contributed by atoms with van der Waals surface area (Å²) in [5.41, 5.74) is -0.165. The fourth-order valence-electron chi connectivity index (χ4n) is 3.30. The molecule has 0 aromatic rings. The molecule has 1 saturated carbocycles. The third-order valence-electron chi connectivity index (χ3n) is 4.38. The van der Waals surface area contributed by atoms with Crippen LogP contribution in [0.15, 0.2) is 0 Å². The Balaban J connectivity index is 2.95. The smallest absolute Gasteiger partial charge is 0.142 e. The van der Waals surface area contributed by atoms with E-state index in [1.807, 2.05) is 0 Å². The molecule has 2 atom stereocenters. The molecule has 2 unspecified atom stereocenters. The molecular weight excluding hydrogens is 212 g/mol. The molecule has 1 aliphatic rings. The average Bonchev–Trinajstić information content (AvgIpc) is 2.44. The van der Waals surface area contributed by atoms with Crippen molar-refractivity contribution in [1.82, 2.24) is 0 Å². The first-order valence-corrected chi connectivity index (χ1v) is 6.76. The van der Waals surface area contributed by atoms with Crippen LogP contribution in [0.2, 0.25) is 0 Å². The van der Waals surface area contributed by atoms with Crippen molar-refractivity contribution in [2.24, 2.45) is 22.7 Å². The molecule has 17 heavy (non-hydrogen) atoms. The van der Waals surface area contributed by atoms with Crippen LogP contribution in [-0.4, -0.2) is 19.5 Å². The van der Waals surface area contributed by atoms with Crippen molar-refractivity contribution in [2.75, 3.05) is 13.7 Å². The zero-order chi connectivity index (χ0) is 13.3. The molecule has 2 heteroatoms. The number of Topliss-reactive ketones (excluding diaryl/α,β-unsaturated/α-hetero) is 1. The molecule has 100 valence electrons. The maximum Gasteiger partial charge on any atom is 0.142 e. The molecule has 1 fully saturated rings. The van der Waals surface area contributed by atoms with Crippen LogP contribution < -0.4 is 0 Å². The summed E-state index contributed by atoms with van der Waals surface area (Å²) in [4.78, 5) is 12.7. The van der Waals surface area contributed by atoms with Gasteiger partial charge >= 0.3 is 0 Å². The zero-order valence-electron chi connectivity index (χ0n) is 12.3. The summed E-state index contributed by atoms with van der Waals surface area (Å²) in [6, 6.07) is 0. The van der Waals surface area contributed by atoms with Gasteiger partial charge in [0.05, 0.1) is 12.0 Å². The van der Waals surface area contributed by atoms with Crippen LogP contribution in [0.5, 0.6) is 0 Å². The minimum atomic E-state index is -0.234. The van der Waals surface area contributed by atoms with Crippen molar-refractivity contribution >= 4 is 5.78 Å². The Labute approximate surface area is 106 Å². The monoisotopic (exact) mass is 240 g/mol. The van der Waals surface area contributed by atoms with Crippen LogP contribution in [0, 0.1) is 22.7 Å². The lowest BCUT2D eigenvalue weighted by atomic mass is 9.67. The van der Waals surface area contributed by atoms with Gasteiger partial charge in [-0.3, -0.25) is 4.79 Å². The maximum absolute atomic E-state index is 12.7. The maximum atomic E-state index is 12.7. The first kappa shape index (κ1) is 14.7. The number of carbonyl (C=O) groups excluding carboxylic acids is 1. The van der Waals surface area contributed by atoms with Gasteiger partial charge < -0.3 is 4.74 Å². The van der Waals surface area contributed by atoms with E-state index in [0.29, 0.717) is 30.6 Å². The summed E-state index contributed by atoms with van der Waals surface area (Å²) in [7, 11) is 1.71. The molecule has 0 aromatic heterocycles. The fourth-order valence-corrected chi connectivity index (χ4v) is 3.30. The molecule has 0 amide bonds. The number of ketones is 1. The van der Waals surface area contributed by atoms with Gasteiger partial charge in [-0.05, 0) is 30.1 Å². The third kappa shape index (κ3) is 2.90. The molecular formula is C15H28O2. The molecule has 0 N–H and O–H groups in total. The topological polar surface area (TPSA) is 26.3 Å². The van der Waals surface area contributed by atoms with Crippen molar-refractivity contribution in [3.8, 4) is 0 Å². The molecule has 0 saturated heterocycles. The summed E-state index contributed by atoms with van der Waals surface area (Å²) in [6.07, 6.45) is 2.96. The Morgan fingerprint density at radius 1 is 1.24 bits per heavy atom. The van der Waals surface area contributed by atoms with Crippen LogP contribution in [0.4, 0.5) is 0 Å². The Morgan fingerprint density at radius 2 is 1.71 bits per heavy atom. The third-order valence-corrected chi connectivity index (χ3v) is 4.38. The lowest BCUT2D eigenvalue weighted by Crippen LogP contribution is -2.44. The van der Waals surface area contributed by atoms with Crippen LogP contribution in [0.3, 0.4) is 0 Å². The Bertz CT molecular complexity index is 265. The molecule has 0 aromatic carbocycles. The van der Waals surface area contributed by atoms with Crippen LogP contribution >= 0.6 is 0 Å². The number of carbonyl (C=O) groups is 1. The highest BCUT2D eigenvalue weighted by Gasteiger charge is 2.51. The zero-order valence-corrected chi connectivity index (χ0v) is 12.3. The molecule has 2 nitrogen and oxygen atoms in total. The normalized spacial score (nSPS) is 34.0. The predicted molar refractivity (Wildman–Crippen MR) is 71.0 cm³/mol. The van der Waals surface area contributed by atoms with Gasteiger partial charge in [0.2, 0.25) is 0 Å². The lowest BCUT2D eigenvalue weighted by Gasteiger charge is -2.37. The SMILES string of the molecule is COCC1(C(=O)CC(C)(C)C)C(C)CCC1C. The molecule has 0 radical (unpaired) electrons. The van der Waals surface area contributed by atoms with Gasteiger partial charge in [0.15, 0.2) is 0 Å². The number of hydrogen-bond donors (Lipinski definition) is 0. The summed E-state index contributed by atoms with van der Waals surface area (Å²) in [5, 5.41) is 0. The Morgan fingerprint density at radius 3 is 2.06 bits per heavy atom. The van der Waals surface area contributed by atoms with E-state index in [1.165, 1.54) is 0 Å². The molecule has 0 spiro atoms. The van der Waals surface area contributed by atoms with E-state index in [4.69, 9.17) is 4.74 Å². The first-order valence-electron chi connectivity index (χ1n) is 6.76. The summed E-state index contributed by atoms with van der Waals surface area (Å²) in [6.45, 7) is 11.4. The minimum absolute atomic E-state index is 0.0693. The van der Waals surface area contributed by atoms with E-state index >= 15 is 0 Å². The largest absolute Gasteiger partial charge is 0.384 e. The van der Waals surface area contributed by atoms with Gasteiger partial charge in [-0.15, -0.1) is 0 Å². The van der Waals surface area contributed by atoms with E-state index in [1.54, 1.807) is 7.11 Å². The number of ether oxygens (including phenoxy) is 1. The van der Waals surface area contributed by atoms with Gasteiger partial charge in [0, 0.05) is 13.5 Å². The van der Waals surface area contributed by atoms with E-state index in [0.717, 1.165) is 12.8 Å². The van der Waals surface area contributed by atoms with Crippen molar-refractivity contribution in [3.63, 3.8) is 0 Å². The quantitative estimate of drug-likeness (QED) is 0.749. The first-order chi connectivity index (χ1) is 7.74. The van der Waals surface area contributed by atoms with E-state index < -0.39 is 0 Å². The minimum Gasteiger partial charge on any atom is -0.384 e. The number of methoxy groups -OCH3 is 1. The Hall–Kier alpha value is -0.370. The fraction of sp³-hybridized carbons (Fsp3) is 0.933. The predicted octanol–water partition coefficient (Wildman–Crippen LogP) is 3.69. The van der Waals surface area contributed by atoms with Gasteiger partial charge in [0.25, 0.3) is 0 Å². The highest BCUT2D eigenvalue weighted by molar-refractivity contribution is 5.86. The highest BCUT2D eigenvalue weighted by atomic mass is 16.5. The second kappa shape index (κ2) is 5.09. The van der Waals surface area contributed by atoms with Gasteiger partial charge in [-0.2, -0.15) is 0 Å². The second-order valence-electron chi connectivity index (χ2n) is 7.01. The van der Waals surface area contributed by atoms with Crippen LogP contribution in [-0.2, 0) is 9.53 Å². The number of rotatable bonds is 4. The van der Waals surface area contributed by atoms with Crippen molar-refractivity contribution in [2.45, 2.75) is 53.9 Å².